The highest BCUT2D eigenvalue weighted by Crippen LogP contribution is 2.26. The van der Waals surface area contributed by atoms with Gasteiger partial charge in [0.15, 0.2) is 0 Å². The largest absolute Gasteiger partial charge is 0.481 e. The molecule has 0 fully saturated rings. The molecule has 1 N–H and O–H groups in total. The van der Waals surface area contributed by atoms with Crippen molar-refractivity contribution in [2.45, 2.75) is 6.54 Å². The van der Waals surface area contributed by atoms with Crippen LogP contribution in [-0.4, -0.2) is 17.0 Å². The van der Waals surface area contributed by atoms with E-state index in [1.807, 2.05) is 6.07 Å². The zero-order chi connectivity index (χ0) is 15.2. The maximum absolute atomic E-state index is 11.0. The van der Waals surface area contributed by atoms with Gasteiger partial charge in [0.2, 0.25) is 5.88 Å². The van der Waals surface area contributed by atoms with Crippen LogP contribution in [0.3, 0.4) is 0 Å². The van der Waals surface area contributed by atoms with Gasteiger partial charge >= 0.3 is 0 Å². The number of nitro groups is 1. The van der Waals surface area contributed by atoms with E-state index in [0.29, 0.717) is 23.7 Å². The summed E-state index contributed by atoms with van der Waals surface area (Å²) in [6.07, 6.45) is 1.59. The second-order valence-electron chi connectivity index (χ2n) is 4.16. The van der Waals surface area contributed by atoms with Gasteiger partial charge in [0.05, 0.1) is 23.7 Å². The Morgan fingerprint density at radius 1 is 1.43 bits per heavy atom. The SMILES string of the molecule is COc1cc(CNc2cc(C#N)ccc2[N+](=O)[O-])ccn1. The van der Waals surface area contributed by atoms with Crippen molar-refractivity contribution in [3.63, 3.8) is 0 Å². The van der Waals surface area contributed by atoms with Crippen LogP contribution in [0.4, 0.5) is 11.4 Å². The van der Waals surface area contributed by atoms with Crippen LogP contribution >= 0.6 is 0 Å². The zero-order valence-electron chi connectivity index (χ0n) is 11.2. The Balaban J connectivity index is 2.22. The van der Waals surface area contributed by atoms with Gasteiger partial charge in [0.1, 0.15) is 5.69 Å². The molecule has 7 heteroatoms. The molecule has 21 heavy (non-hydrogen) atoms. The van der Waals surface area contributed by atoms with Gasteiger partial charge in [-0.1, -0.05) is 0 Å². The first-order valence-electron chi connectivity index (χ1n) is 6.05. The van der Waals surface area contributed by atoms with E-state index in [-0.39, 0.29) is 5.69 Å². The Morgan fingerprint density at radius 3 is 2.90 bits per heavy atom. The molecule has 0 spiro atoms. The van der Waals surface area contributed by atoms with E-state index in [1.165, 1.54) is 25.3 Å². The highest BCUT2D eigenvalue weighted by Gasteiger charge is 2.14. The van der Waals surface area contributed by atoms with Gasteiger partial charge in [-0.15, -0.1) is 0 Å². The second-order valence-corrected chi connectivity index (χ2v) is 4.16. The Hall–Kier alpha value is -3.14. The first-order valence-corrected chi connectivity index (χ1v) is 6.05. The summed E-state index contributed by atoms with van der Waals surface area (Å²) < 4.78 is 5.02. The lowest BCUT2D eigenvalue weighted by Gasteiger charge is -2.08. The van der Waals surface area contributed by atoms with E-state index in [4.69, 9.17) is 10.00 Å². The van der Waals surface area contributed by atoms with Crippen molar-refractivity contribution < 1.29 is 9.66 Å². The summed E-state index contributed by atoms with van der Waals surface area (Å²) in [6.45, 7) is 0.356. The first kappa shape index (κ1) is 14.3. The minimum absolute atomic E-state index is 0.0741. The van der Waals surface area contributed by atoms with Crippen LogP contribution in [0.2, 0.25) is 0 Å². The number of pyridine rings is 1. The highest BCUT2D eigenvalue weighted by atomic mass is 16.6. The third-order valence-corrected chi connectivity index (χ3v) is 2.81. The van der Waals surface area contributed by atoms with E-state index in [9.17, 15) is 10.1 Å². The van der Waals surface area contributed by atoms with Crippen molar-refractivity contribution in [2.75, 3.05) is 12.4 Å². The summed E-state index contributed by atoms with van der Waals surface area (Å²) in [5, 5.41) is 22.8. The van der Waals surface area contributed by atoms with Gasteiger partial charge in [0.25, 0.3) is 5.69 Å². The number of rotatable bonds is 5. The molecule has 0 radical (unpaired) electrons. The number of methoxy groups -OCH3 is 1. The van der Waals surface area contributed by atoms with Gasteiger partial charge in [-0.3, -0.25) is 10.1 Å². The van der Waals surface area contributed by atoms with Crippen molar-refractivity contribution in [3.05, 3.63) is 57.8 Å². The molecule has 0 saturated heterocycles. The lowest BCUT2D eigenvalue weighted by molar-refractivity contribution is -0.384. The van der Waals surface area contributed by atoms with Crippen LogP contribution in [-0.2, 0) is 6.54 Å². The maximum Gasteiger partial charge on any atom is 0.292 e. The molecule has 2 aromatic rings. The summed E-state index contributed by atoms with van der Waals surface area (Å²) in [6, 6.07) is 9.64. The molecule has 106 valence electrons. The number of anilines is 1. The van der Waals surface area contributed by atoms with E-state index < -0.39 is 4.92 Å². The number of nitrogens with zero attached hydrogens (tertiary/aromatic N) is 3. The number of hydrogen-bond donors (Lipinski definition) is 1. The van der Waals surface area contributed by atoms with E-state index in [1.54, 1.807) is 18.3 Å². The Kier molecular flexibility index (Phi) is 4.31. The number of benzene rings is 1. The van der Waals surface area contributed by atoms with Crippen LogP contribution in [0, 0.1) is 21.4 Å². The predicted molar refractivity (Wildman–Crippen MR) is 75.9 cm³/mol. The van der Waals surface area contributed by atoms with E-state index in [2.05, 4.69) is 10.3 Å². The summed E-state index contributed by atoms with van der Waals surface area (Å²) in [4.78, 5) is 14.5. The lowest BCUT2D eigenvalue weighted by atomic mass is 10.1. The molecular formula is C14H12N4O3. The summed E-state index contributed by atoms with van der Waals surface area (Å²) in [7, 11) is 1.51. The Bertz CT molecular complexity index is 710. The number of nitriles is 1. The van der Waals surface area contributed by atoms with Crippen molar-refractivity contribution in [2.24, 2.45) is 0 Å². The number of nitro benzene ring substituents is 1. The lowest BCUT2D eigenvalue weighted by Crippen LogP contribution is -2.03. The maximum atomic E-state index is 11.0. The fourth-order valence-corrected chi connectivity index (χ4v) is 1.78. The number of hydrogen-bond acceptors (Lipinski definition) is 6. The molecule has 0 aliphatic carbocycles. The quantitative estimate of drug-likeness (QED) is 0.668. The molecule has 0 aliphatic heterocycles. The highest BCUT2D eigenvalue weighted by molar-refractivity contribution is 5.64. The fourth-order valence-electron chi connectivity index (χ4n) is 1.78. The van der Waals surface area contributed by atoms with Gasteiger partial charge in [0, 0.05) is 24.9 Å². The molecule has 1 heterocycles. The summed E-state index contributed by atoms with van der Waals surface area (Å²) in [5.74, 6) is 0.467. The van der Waals surface area contributed by atoms with Gasteiger partial charge in [-0.2, -0.15) is 5.26 Å². The van der Waals surface area contributed by atoms with Crippen molar-refractivity contribution in [1.82, 2.24) is 4.98 Å². The monoisotopic (exact) mass is 284 g/mol. The topological polar surface area (TPSA) is 101 Å². The van der Waals surface area contributed by atoms with Crippen molar-refractivity contribution in [1.29, 1.82) is 5.26 Å². The number of nitrogens with one attached hydrogen (secondary N) is 1. The minimum Gasteiger partial charge on any atom is -0.481 e. The van der Waals surface area contributed by atoms with Crippen LogP contribution in [0.25, 0.3) is 0 Å². The molecule has 0 saturated carbocycles. The standard InChI is InChI=1S/C14H12N4O3/c1-21-14-7-11(4-5-16-14)9-17-12-6-10(8-15)2-3-13(12)18(19)20/h2-7,17H,9H2,1H3. The van der Waals surface area contributed by atoms with E-state index >= 15 is 0 Å². The minimum atomic E-state index is -0.489. The fraction of sp³-hybridized carbons (Fsp3) is 0.143. The van der Waals surface area contributed by atoms with Crippen LogP contribution in [0.15, 0.2) is 36.5 Å². The summed E-state index contributed by atoms with van der Waals surface area (Å²) in [5.41, 5.74) is 1.44. The van der Waals surface area contributed by atoms with Crippen molar-refractivity contribution >= 4 is 11.4 Å². The third kappa shape index (κ3) is 3.45. The Labute approximate surface area is 121 Å². The molecule has 1 aromatic heterocycles. The molecule has 1 aromatic carbocycles. The molecule has 0 bridgehead atoms. The molecule has 2 rings (SSSR count). The second kappa shape index (κ2) is 6.34. The molecule has 0 amide bonds. The molecule has 0 atom stereocenters. The van der Waals surface area contributed by atoms with Crippen LogP contribution < -0.4 is 10.1 Å². The van der Waals surface area contributed by atoms with Gasteiger partial charge < -0.3 is 10.1 Å². The van der Waals surface area contributed by atoms with Gasteiger partial charge in [-0.05, 0) is 23.8 Å². The first-order chi connectivity index (χ1) is 10.1. The van der Waals surface area contributed by atoms with Crippen LogP contribution in [0.5, 0.6) is 5.88 Å². The van der Waals surface area contributed by atoms with E-state index in [0.717, 1.165) is 5.56 Å². The summed E-state index contributed by atoms with van der Waals surface area (Å²) >= 11 is 0. The number of aromatic nitrogens is 1. The van der Waals surface area contributed by atoms with Gasteiger partial charge in [-0.25, -0.2) is 4.98 Å². The molecule has 0 aliphatic rings. The predicted octanol–water partition coefficient (Wildman–Crippen LogP) is 2.48. The van der Waals surface area contributed by atoms with Crippen molar-refractivity contribution in [3.8, 4) is 11.9 Å². The molecular weight excluding hydrogens is 272 g/mol. The average Bonchev–Trinajstić information content (AvgIpc) is 2.52. The normalized spacial score (nSPS) is 9.71. The Morgan fingerprint density at radius 2 is 2.24 bits per heavy atom. The molecule has 7 nitrogen and oxygen atoms in total. The van der Waals surface area contributed by atoms with Crippen LogP contribution in [0.1, 0.15) is 11.1 Å². The number of ether oxygens (including phenoxy) is 1. The smallest absolute Gasteiger partial charge is 0.292 e. The zero-order valence-corrected chi connectivity index (χ0v) is 11.2. The molecule has 0 unspecified atom stereocenters. The third-order valence-electron chi connectivity index (χ3n) is 2.81. The average molecular weight is 284 g/mol.